The van der Waals surface area contributed by atoms with Crippen molar-refractivity contribution in [2.24, 2.45) is 0 Å². The number of hydrogen-bond donors (Lipinski definition) is 0. The Kier molecular flexibility index (Phi) is 3.51. The number of likely N-dealkylation sites (tertiary alicyclic amines) is 1. The van der Waals surface area contributed by atoms with Gasteiger partial charge in [-0.2, -0.15) is 0 Å². The highest BCUT2D eigenvalue weighted by atomic mass is 15.2. The summed E-state index contributed by atoms with van der Waals surface area (Å²) < 4.78 is 0. The van der Waals surface area contributed by atoms with Crippen molar-refractivity contribution < 1.29 is 0 Å². The van der Waals surface area contributed by atoms with Crippen molar-refractivity contribution in [3.8, 4) is 0 Å². The summed E-state index contributed by atoms with van der Waals surface area (Å²) in [4.78, 5) is 15.1. The fourth-order valence-corrected chi connectivity index (χ4v) is 2.73. The molecule has 0 radical (unpaired) electrons. The van der Waals surface area contributed by atoms with E-state index < -0.39 is 0 Å². The summed E-state index contributed by atoms with van der Waals surface area (Å²) in [5.41, 5.74) is 3.75. The molecule has 1 aliphatic rings. The monoisotopic (exact) mass is 254 g/mol. The molecule has 0 amide bonds. The summed E-state index contributed by atoms with van der Waals surface area (Å²) in [6.07, 6.45) is 9.70. The number of aromatic nitrogens is 3. The van der Waals surface area contributed by atoms with E-state index in [0.29, 0.717) is 6.04 Å². The van der Waals surface area contributed by atoms with Crippen molar-refractivity contribution in [1.29, 1.82) is 0 Å². The van der Waals surface area contributed by atoms with Crippen molar-refractivity contribution in [3.05, 3.63) is 53.9 Å². The lowest BCUT2D eigenvalue weighted by molar-refractivity contribution is 0.243. The molecular formula is C15H18N4. The van der Waals surface area contributed by atoms with Crippen LogP contribution in [0.1, 0.15) is 35.7 Å². The molecule has 0 aliphatic carbocycles. The van der Waals surface area contributed by atoms with Crippen LogP contribution in [0.5, 0.6) is 0 Å². The van der Waals surface area contributed by atoms with Gasteiger partial charge in [0, 0.05) is 25.1 Å². The SMILES string of the molecule is Cc1ccncc1CN1CCC[C@H]1c1ccncn1. The molecule has 2 aromatic rings. The van der Waals surface area contributed by atoms with Crippen LogP contribution in [0, 0.1) is 6.92 Å². The summed E-state index contributed by atoms with van der Waals surface area (Å²) in [6.45, 7) is 4.23. The maximum absolute atomic E-state index is 4.41. The molecule has 4 nitrogen and oxygen atoms in total. The topological polar surface area (TPSA) is 41.9 Å². The van der Waals surface area contributed by atoms with Crippen molar-refractivity contribution in [2.45, 2.75) is 32.4 Å². The van der Waals surface area contributed by atoms with Gasteiger partial charge in [0.1, 0.15) is 6.33 Å². The number of aryl methyl sites for hydroxylation is 1. The van der Waals surface area contributed by atoms with E-state index in [9.17, 15) is 0 Å². The van der Waals surface area contributed by atoms with E-state index in [1.807, 2.05) is 24.7 Å². The van der Waals surface area contributed by atoms with Crippen LogP contribution in [0.2, 0.25) is 0 Å². The van der Waals surface area contributed by atoms with Crippen LogP contribution in [-0.2, 0) is 6.54 Å². The van der Waals surface area contributed by atoms with Gasteiger partial charge in [-0.05, 0) is 49.6 Å². The molecule has 0 saturated carbocycles. The predicted octanol–water partition coefficient (Wildman–Crippen LogP) is 2.52. The molecule has 0 aromatic carbocycles. The second-order valence-electron chi connectivity index (χ2n) is 5.06. The molecule has 1 atom stereocenters. The molecule has 19 heavy (non-hydrogen) atoms. The first-order valence-electron chi connectivity index (χ1n) is 6.74. The third-order valence-electron chi connectivity index (χ3n) is 3.83. The lowest BCUT2D eigenvalue weighted by atomic mass is 10.1. The third-order valence-corrected chi connectivity index (χ3v) is 3.83. The van der Waals surface area contributed by atoms with Crippen LogP contribution < -0.4 is 0 Å². The van der Waals surface area contributed by atoms with Gasteiger partial charge in [-0.3, -0.25) is 9.88 Å². The summed E-state index contributed by atoms with van der Waals surface area (Å²) in [5, 5.41) is 0. The van der Waals surface area contributed by atoms with Crippen molar-refractivity contribution in [2.75, 3.05) is 6.54 Å². The maximum atomic E-state index is 4.41. The first-order valence-corrected chi connectivity index (χ1v) is 6.74. The highest BCUT2D eigenvalue weighted by Gasteiger charge is 2.27. The number of nitrogens with zero attached hydrogens (tertiary/aromatic N) is 4. The molecule has 1 saturated heterocycles. The minimum absolute atomic E-state index is 0.419. The predicted molar refractivity (Wildman–Crippen MR) is 73.4 cm³/mol. The Hall–Kier alpha value is -1.81. The van der Waals surface area contributed by atoms with E-state index in [1.165, 1.54) is 24.0 Å². The highest BCUT2D eigenvalue weighted by molar-refractivity contribution is 5.22. The largest absolute Gasteiger partial charge is 0.290 e. The molecule has 2 aromatic heterocycles. The lowest BCUT2D eigenvalue weighted by Crippen LogP contribution is -2.24. The Morgan fingerprint density at radius 2 is 2.16 bits per heavy atom. The zero-order valence-corrected chi connectivity index (χ0v) is 11.2. The van der Waals surface area contributed by atoms with Gasteiger partial charge in [0.25, 0.3) is 0 Å². The van der Waals surface area contributed by atoms with Crippen molar-refractivity contribution in [1.82, 2.24) is 19.9 Å². The lowest BCUT2D eigenvalue weighted by Gasteiger charge is -2.24. The van der Waals surface area contributed by atoms with E-state index in [-0.39, 0.29) is 0 Å². The molecule has 0 bridgehead atoms. The van der Waals surface area contributed by atoms with Gasteiger partial charge >= 0.3 is 0 Å². The fraction of sp³-hybridized carbons (Fsp3) is 0.400. The second kappa shape index (κ2) is 5.45. The van der Waals surface area contributed by atoms with E-state index in [0.717, 1.165) is 18.8 Å². The van der Waals surface area contributed by atoms with Gasteiger partial charge in [0.05, 0.1) is 11.7 Å². The molecule has 98 valence electrons. The number of rotatable bonds is 3. The van der Waals surface area contributed by atoms with Crippen LogP contribution in [-0.4, -0.2) is 26.4 Å². The van der Waals surface area contributed by atoms with Gasteiger partial charge < -0.3 is 0 Å². The molecular weight excluding hydrogens is 236 g/mol. The van der Waals surface area contributed by atoms with Crippen LogP contribution in [0.25, 0.3) is 0 Å². The summed E-state index contributed by atoms with van der Waals surface area (Å²) in [5.74, 6) is 0. The molecule has 1 fully saturated rings. The fourth-order valence-electron chi connectivity index (χ4n) is 2.73. The molecule has 0 unspecified atom stereocenters. The van der Waals surface area contributed by atoms with Crippen LogP contribution in [0.3, 0.4) is 0 Å². The van der Waals surface area contributed by atoms with Crippen molar-refractivity contribution >= 4 is 0 Å². The van der Waals surface area contributed by atoms with Gasteiger partial charge in [0.15, 0.2) is 0 Å². The normalized spacial score (nSPS) is 19.7. The Labute approximate surface area is 113 Å². The molecule has 3 heterocycles. The van der Waals surface area contributed by atoms with Crippen LogP contribution in [0.4, 0.5) is 0 Å². The zero-order valence-electron chi connectivity index (χ0n) is 11.2. The standard InChI is InChI=1S/C15H18N4/c1-12-4-6-16-9-13(12)10-19-8-2-3-15(19)14-5-7-17-11-18-14/h4-7,9,11,15H,2-3,8,10H2,1H3/t15-/m0/s1. The van der Waals surface area contributed by atoms with E-state index in [4.69, 9.17) is 0 Å². The number of pyridine rings is 1. The Morgan fingerprint density at radius 3 is 2.95 bits per heavy atom. The molecule has 0 spiro atoms. The third kappa shape index (κ3) is 2.63. The van der Waals surface area contributed by atoms with E-state index >= 15 is 0 Å². The highest BCUT2D eigenvalue weighted by Crippen LogP contribution is 2.31. The number of hydrogen-bond acceptors (Lipinski definition) is 4. The quantitative estimate of drug-likeness (QED) is 0.844. The van der Waals surface area contributed by atoms with Crippen molar-refractivity contribution in [3.63, 3.8) is 0 Å². The smallest absolute Gasteiger partial charge is 0.115 e. The van der Waals surface area contributed by atoms with E-state index in [2.05, 4.69) is 32.8 Å². The molecule has 3 rings (SSSR count). The summed E-state index contributed by atoms with van der Waals surface area (Å²) in [6, 6.07) is 4.52. The molecule has 1 aliphatic heterocycles. The zero-order chi connectivity index (χ0) is 13.1. The Balaban J connectivity index is 1.79. The molecule has 4 heteroatoms. The van der Waals surface area contributed by atoms with Crippen LogP contribution in [0.15, 0.2) is 37.1 Å². The minimum atomic E-state index is 0.419. The van der Waals surface area contributed by atoms with E-state index in [1.54, 1.807) is 6.33 Å². The Morgan fingerprint density at radius 1 is 1.26 bits per heavy atom. The van der Waals surface area contributed by atoms with Gasteiger partial charge in [0.2, 0.25) is 0 Å². The average molecular weight is 254 g/mol. The van der Waals surface area contributed by atoms with Gasteiger partial charge in [-0.25, -0.2) is 9.97 Å². The molecule has 0 N–H and O–H groups in total. The van der Waals surface area contributed by atoms with Crippen LogP contribution >= 0.6 is 0 Å². The second-order valence-corrected chi connectivity index (χ2v) is 5.06. The minimum Gasteiger partial charge on any atom is -0.290 e. The first kappa shape index (κ1) is 12.2. The van der Waals surface area contributed by atoms with Gasteiger partial charge in [-0.15, -0.1) is 0 Å². The maximum Gasteiger partial charge on any atom is 0.115 e. The summed E-state index contributed by atoms with van der Waals surface area (Å²) in [7, 11) is 0. The average Bonchev–Trinajstić information content (AvgIpc) is 2.91. The van der Waals surface area contributed by atoms with Gasteiger partial charge in [-0.1, -0.05) is 0 Å². The first-order chi connectivity index (χ1) is 9.34. The summed E-state index contributed by atoms with van der Waals surface area (Å²) >= 11 is 0. The Bertz CT molecular complexity index is 541.